The van der Waals surface area contributed by atoms with Crippen LogP contribution in [-0.2, 0) is 4.74 Å². The fourth-order valence-corrected chi connectivity index (χ4v) is 2.83. The molecule has 1 atom stereocenters. The summed E-state index contributed by atoms with van der Waals surface area (Å²) in [6, 6.07) is 5.46. The number of nitro groups is 1. The van der Waals surface area contributed by atoms with Gasteiger partial charge in [0.1, 0.15) is 5.69 Å². The summed E-state index contributed by atoms with van der Waals surface area (Å²) in [5.74, 6) is 0. The molecular formula is C13H17IN2O3. The fraction of sp³-hybridized carbons (Fsp3) is 0.538. The van der Waals surface area contributed by atoms with E-state index in [-0.39, 0.29) is 22.3 Å². The third kappa shape index (κ3) is 3.79. The van der Waals surface area contributed by atoms with Crippen molar-refractivity contribution in [1.29, 1.82) is 0 Å². The van der Waals surface area contributed by atoms with E-state index in [0.29, 0.717) is 12.3 Å². The number of nitro benzene ring substituents is 1. The van der Waals surface area contributed by atoms with Crippen LogP contribution in [0.5, 0.6) is 0 Å². The van der Waals surface area contributed by atoms with Gasteiger partial charge in [-0.05, 0) is 61.4 Å². The molecule has 19 heavy (non-hydrogen) atoms. The van der Waals surface area contributed by atoms with Crippen LogP contribution in [0, 0.1) is 13.7 Å². The number of nitrogens with one attached hydrogen (secondary N) is 1. The van der Waals surface area contributed by atoms with Crippen LogP contribution < -0.4 is 5.32 Å². The van der Waals surface area contributed by atoms with E-state index >= 15 is 0 Å². The number of anilines is 1. The van der Waals surface area contributed by atoms with Gasteiger partial charge in [0.05, 0.1) is 10.5 Å². The van der Waals surface area contributed by atoms with Crippen LogP contribution in [0.25, 0.3) is 0 Å². The maximum Gasteiger partial charge on any atom is 0.293 e. The number of halogens is 1. The first-order valence-electron chi connectivity index (χ1n) is 6.22. The van der Waals surface area contributed by atoms with Gasteiger partial charge in [-0.2, -0.15) is 0 Å². The van der Waals surface area contributed by atoms with E-state index in [1.54, 1.807) is 12.1 Å². The molecule has 0 aliphatic carbocycles. The van der Waals surface area contributed by atoms with E-state index in [1.165, 1.54) is 0 Å². The zero-order valence-corrected chi connectivity index (χ0v) is 13.1. The van der Waals surface area contributed by atoms with Crippen LogP contribution >= 0.6 is 22.6 Å². The lowest BCUT2D eigenvalue weighted by molar-refractivity contribution is -0.384. The number of hydrogen-bond acceptors (Lipinski definition) is 4. The molecule has 0 saturated carbocycles. The molecule has 104 valence electrons. The van der Waals surface area contributed by atoms with Crippen LogP contribution in [0.3, 0.4) is 0 Å². The molecular weight excluding hydrogens is 359 g/mol. The topological polar surface area (TPSA) is 64.4 Å². The van der Waals surface area contributed by atoms with Gasteiger partial charge >= 0.3 is 0 Å². The maximum atomic E-state index is 11.1. The molecule has 1 aliphatic heterocycles. The van der Waals surface area contributed by atoms with Crippen LogP contribution in [0.4, 0.5) is 11.4 Å². The van der Waals surface area contributed by atoms with Crippen molar-refractivity contribution in [2.45, 2.75) is 38.3 Å². The molecule has 1 N–H and O–H groups in total. The normalized spacial score (nSPS) is 21.9. The molecule has 1 saturated heterocycles. The molecule has 2 rings (SSSR count). The van der Waals surface area contributed by atoms with E-state index in [2.05, 4.69) is 27.9 Å². The number of hydrogen-bond donors (Lipinski definition) is 1. The van der Waals surface area contributed by atoms with E-state index in [0.717, 1.165) is 16.4 Å². The molecule has 5 nitrogen and oxygen atoms in total. The van der Waals surface area contributed by atoms with Crippen molar-refractivity contribution in [3.63, 3.8) is 0 Å². The highest BCUT2D eigenvalue weighted by Crippen LogP contribution is 2.31. The summed E-state index contributed by atoms with van der Waals surface area (Å²) < 4.78 is 6.52. The molecule has 0 bridgehead atoms. The largest absolute Gasteiger partial charge is 0.377 e. The Hall–Kier alpha value is -0.890. The van der Waals surface area contributed by atoms with Gasteiger partial charge in [-0.3, -0.25) is 10.1 Å². The average Bonchev–Trinajstić information content (AvgIpc) is 2.30. The molecule has 1 fully saturated rings. The molecule has 1 aliphatic rings. The lowest BCUT2D eigenvalue weighted by atomic mass is 9.94. The Morgan fingerprint density at radius 2 is 2.26 bits per heavy atom. The second kappa shape index (κ2) is 5.62. The van der Waals surface area contributed by atoms with Gasteiger partial charge in [0.15, 0.2) is 0 Å². The summed E-state index contributed by atoms with van der Waals surface area (Å²) >= 11 is 2.08. The highest BCUT2D eigenvalue weighted by atomic mass is 127. The summed E-state index contributed by atoms with van der Waals surface area (Å²) in [4.78, 5) is 10.7. The number of nitrogens with zero attached hydrogens (tertiary/aromatic N) is 1. The van der Waals surface area contributed by atoms with Gasteiger partial charge in [0.25, 0.3) is 5.69 Å². The minimum absolute atomic E-state index is 0.135. The number of benzene rings is 1. The summed E-state index contributed by atoms with van der Waals surface area (Å²) in [5, 5.41) is 14.4. The first-order chi connectivity index (χ1) is 8.87. The Bertz CT molecular complexity index is 491. The standard InChI is InChI=1S/C13H17IN2O3/c1-13(2)8-10(5-6-19-13)15-11-4-3-9(14)7-12(11)16(17)18/h3-4,7,10,15H,5-6,8H2,1-2H3. The molecule has 6 heteroatoms. The predicted octanol–water partition coefficient (Wildman–Crippen LogP) is 3.57. The second-order valence-electron chi connectivity index (χ2n) is 5.36. The zero-order valence-electron chi connectivity index (χ0n) is 11.0. The van der Waals surface area contributed by atoms with Gasteiger partial charge in [-0.25, -0.2) is 0 Å². The van der Waals surface area contributed by atoms with Crippen LogP contribution in [0.2, 0.25) is 0 Å². The van der Waals surface area contributed by atoms with E-state index in [9.17, 15) is 10.1 Å². The molecule has 0 aromatic heterocycles. The first kappa shape index (κ1) is 14.5. The fourth-order valence-electron chi connectivity index (χ4n) is 2.35. The quantitative estimate of drug-likeness (QED) is 0.498. The van der Waals surface area contributed by atoms with Crippen molar-refractivity contribution >= 4 is 34.0 Å². The highest BCUT2D eigenvalue weighted by Gasteiger charge is 2.29. The molecule has 0 radical (unpaired) electrons. The van der Waals surface area contributed by atoms with Crippen LogP contribution in [-0.4, -0.2) is 23.2 Å². The molecule has 0 spiro atoms. The lowest BCUT2D eigenvalue weighted by Gasteiger charge is -2.36. The Balaban J connectivity index is 2.17. The highest BCUT2D eigenvalue weighted by molar-refractivity contribution is 14.1. The number of rotatable bonds is 3. The van der Waals surface area contributed by atoms with Gasteiger partial charge in [0.2, 0.25) is 0 Å². The third-order valence-corrected chi connectivity index (χ3v) is 3.88. The van der Waals surface area contributed by atoms with Gasteiger partial charge < -0.3 is 10.1 Å². The second-order valence-corrected chi connectivity index (χ2v) is 6.61. The minimum atomic E-state index is -0.338. The smallest absolute Gasteiger partial charge is 0.293 e. The predicted molar refractivity (Wildman–Crippen MR) is 82.5 cm³/mol. The Kier molecular flexibility index (Phi) is 4.29. The summed E-state index contributed by atoms with van der Waals surface area (Å²) in [6.07, 6.45) is 1.71. The van der Waals surface area contributed by atoms with Crippen molar-refractivity contribution < 1.29 is 9.66 Å². The van der Waals surface area contributed by atoms with Gasteiger partial charge in [0, 0.05) is 22.3 Å². The number of ether oxygens (including phenoxy) is 1. The minimum Gasteiger partial charge on any atom is -0.377 e. The van der Waals surface area contributed by atoms with Crippen LogP contribution in [0.15, 0.2) is 18.2 Å². The van der Waals surface area contributed by atoms with Crippen LogP contribution in [0.1, 0.15) is 26.7 Å². The van der Waals surface area contributed by atoms with Gasteiger partial charge in [-0.15, -0.1) is 0 Å². The van der Waals surface area contributed by atoms with Crippen molar-refractivity contribution in [2.75, 3.05) is 11.9 Å². The third-order valence-electron chi connectivity index (χ3n) is 3.21. The molecule has 1 unspecified atom stereocenters. The van der Waals surface area contributed by atoms with E-state index < -0.39 is 0 Å². The molecule has 0 amide bonds. The summed E-state index contributed by atoms with van der Waals surface area (Å²) in [6.45, 7) is 4.77. The first-order valence-corrected chi connectivity index (χ1v) is 7.30. The van der Waals surface area contributed by atoms with E-state index in [1.807, 2.05) is 19.9 Å². The SMILES string of the molecule is CC1(C)CC(Nc2ccc(I)cc2[N+](=O)[O-])CCO1. The van der Waals surface area contributed by atoms with Crippen molar-refractivity contribution in [3.05, 3.63) is 31.9 Å². The van der Waals surface area contributed by atoms with E-state index in [4.69, 9.17) is 4.74 Å². The lowest BCUT2D eigenvalue weighted by Crippen LogP contribution is -2.40. The summed E-state index contributed by atoms with van der Waals surface area (Å²) in [7, 11) is 0. The Morgan fingerprint density at radius 3 is 2.89 bits per heavy atom. The zero-order chi connectivity index (χ0) is 14.0. The van der Waals surface area contributed by atoms with Crippen molar-refractivity contribution in [3.8, 4) is 0 Å². The Labute approximate surface area is 126 Å². The molecule has 1 aromatic carbocycles. The Morgan fingerprint density at radius 1 is 1.53 bits per heavy atom. The molecule has 1 aromatic rings. The molecule has 1 heterocycles. The maximum absolute atomic E-state index is 11.1. The average molecular weight is 376 g/mol. The monoisotopic (exact) mass is 376 g/mol. The van der Waals surface area contributed by atoms with Crippen molar-refractivity contribution in [1.82, 2.24) is 0 Å². The summed E-state index contributed by atoms with van der Waals surface area (Å²) in [5.41, 5.74) is 0.553. The van der Waals surface area contributed by atoms with Crippen molar-refractivity contribution in [2.24, 2.45) is 0 Å². The van der Waals surface area contributed by atoms with Gasteiger partial charge in [-0.1, -0.05) is 0 Å².